The van der Waals surface area contributed by atoms with E-state index < -0.39 is 4.92 Å². The highest BCUT2D eigenvalue weighted by atomic mass is 32.2. The highest BCUT2D eigenvalue weighted by Gasteiger charge is 2.13. The van der Waals surface area contributed by atoms with Crippen LogP contribution in [0.1, 0.15) is 30.6 Å². The van der Waals surface area contributed by atoms with Crippen LogP contribution in [0.5, 0.6) is 0 Å². The zero-order chi connectivity index (χ0) is 18.7. The van der Waals surface area contributed by atoms with Gasteiger partial charge in [0, 0.05) is 28.6 Å². The number of nitro groups is 1. The molecule has 0 aliphatic carbocycles. The maximum Gasteiger partial charge on any atom is 0.270 e. The lowest BCUT2D eigenvalue weighted by Gasteiger charge is -2.05. The molecule has 0 bridgehead atoms. The molecule has 26 heavy (non-hydrogen) atoms. The van der Waals surface area contributed by atoms with Crippen LogP contribution in [0, 0.1) is 10.1 Å². The van der Waals surface area contributed by atoms with E-state index in [1.807, 2.05) is 12.1 Å². The minimum Gasteiger partial charge on any atom is -0.322 e. The number of nitrogens with zero attached hydrogens (tertiary/aromatic N) is 2. The second-order valence-corrected chi connectivity index (χ2v) is 8.48. The second kappa shape index (κ2) is 7.84. The molecule has 6 nitrogen and oxygen atoms in total. The number of nitro benzene ring substituents is 1. The Balaban J connectivity index is 1.79. The van der Waals surface area contributed by atoms with Crippen molar-refractivity contribution in [3.63, 3.8) is 0 Å². The number of nitrogens with one attached hydrogen (secondary N) is 1. The Hall–Kier alpha value is -2.45. The van der Waals surface area contributed by atoms with E-state index in [-0.39, 0.29) is 17.2 Å². The third kappa shape index (κ3) is 4.20. The summed E-state index contributed by atoms with van der Waals surface area (Å²) >= 11 is 3.34. The molecule has 0 aliphatic heterocycles. The molecule has 0 radical (unpaired) electrons. The number of aromatic nitrogens is 1. The maximum atomic E-state index is 12.4. The van der Waals surface area contributed by atoms with E-state index in [1.54, 1.807) is 35.2 Å². The topological polar surface area (TPSA) is 85.1 Å². The fourth-order valence-corrected chi connectivity index (χ4v) is 4.60. The summed E-state index contributed by atoms with van der Waals surface area (Å²) in [6, 6.07) is 11.2. The summed E-state index contributed by atoms with van der Waals surface area (Å²) in [5.74, 6) is -0.383. The van der Waals surface area contributed by atoms with Crippen molar-refractivity contribution in [1.29, 1.82) is 0 Å². The number of benzene rings is 2. The van der Waals surface area contributed by atoms with Crippen LogP contribution < -0.4 is 5.32 Å². The summed E-state index contributed by atoms with van der Waals surface area (Å²) in [5, 5.41) is 14.1. The fraction of sp³-hybridized carbons (Fsp3) is 0.222. The van der Waals surface area contributed by atoms with Gasteiger partial charge in [-0.2, -0.15) is 0 Å². The van der Waals surface area contributed by atoms with Crippen LogP contribution in [-0.4, -0.2) is 21.1 Å². The Labute approximate surface area is 158 Å². The number of fused-ring (bicyclic) bond motifs is 1. The standard InChI is InChI=1S/C18H17N3O3S2/c1-3-11(2)25-18-20-15-8-7-13(10-16(15)26-18)19-17(22)12-5-4-6-14(9-12)21(23)24/h4-11H,3H2,1-2H3,(H,19,22). The van der Waals surface area contributed by atoms with Crippen LogP contribution in [0.3, 0.4) is 0 Å². The van der Waals surface area contributed by atoms with Gasteiger partial charge in [0.15, 0.2) is 4.34 Å². The summed E-state index contributed by atoms with van der Waals surface area (Å²) in [6.07, 6.45) is 1.07. The van der Waals surface area contributed by atoms with E-state index in [9.17, 15) is 14.9 Å². The molecule has 2 aromatic carbocycles. The van der Waals surface area contributed by atoms with Gasteiger partial charge in [-0.15, -0.1) is 11.3 Å². The van der Waals surface area contributed by atoms with E-state index in [0.717, 1.165) is 21.0 Å². The Kier molecular flexibility index (Phi) is 5.53. The molecular formula is C18H17N3O3S2. The van der Waals surface area contributed by atoms with Crippen molar-refractivity contribution in [2.24, 2.45) is 0 Å². The van der Waals surface area contributed by atoms with Gasteiger partial charge in [-0.25, -0.2) is 4.98 Å². The van der Waals surface area contributed by atoms with Gasteiger partial charge in [0.25, 0.3) is 11.6 Å². The van der Waals surface area contributed by atoms with Crippen LogP contribution in [-0.2, 0) is 0 Å². The molecule has 0 aliphatic rings. The highest BCUT2D eigenvalue weighted by molar-refractivity contribution is 8.01. The van der Waals surface area contributed by atoms with Crippen molar-refractivity contribution in [3.8, 4) is 0 Å². The van der Waals surface area contributed by atoms with Crippen molar-refractivity contribution < 1.29 is 9.72 Å². The Bertz CT molecular complexity index is 971. The molecule has 1 heterocycles. The molecule has 1 N–H and O–H groups in total. The second-order valence-electron chi connectivity index (χ2n) is 5.76. The molecule has 0 fully saturated rings. The Morgan fingerprint density at radius 3 is 2.88 bits per heavy atom. The van der Waals surface area contributed by atoms with E-state index in [1.165, 1.54) is 18.2 Å². The SMILES string of the molecule is CCC(C)Sc1nc2ccc(NC(=O)c3cccc([N+](=O)[O-])c3)cc2s1. The summed E-state index contributed by atoms with van der Waals surface area (Å²) in [4.78, 5) is 27.3. The van der Waals surface area contributed by atoms with Gasteiger partial charge in [-0.3, -0.25) is 14.9 Å². The number of anilines is 1. The molecule has 0 spiro atoms. The number of thiazole rings is 1. The van der Waals surface area contributed by atoms with Crippen molar-refractivity contribution in [1.82, 2.24) is 4.98 Å². The van der Waals surface area contributed by atoms with Gasteiger partial charge < -0.3 is 5.32 Å². The first kappa shape index (κ1) is 18.3. The van der Waals surface area contributed by atoms with Crippen LogP contribution in [0.15, 0.2) is 46.8 Å². The largest absolute Gasteiger partial charge is 0.322 e. The van der Waals surface area contributed by atoms with E-state index in [2.05, 4.69) is 24.1 Å². The number of amides is 1. The zero-order valence-corrected chi connectivity index (χ0v) is 15.9. The van der Waals surface area contributed by atoms with Gasteiger partial charge in [0.2, 0.25) is 0 Å². The summed E-state index contributed by atoms with van der Waals surface area (Å²) < 4.78 is 2.00. The van der Waals surface area contributed by atoms with Gasteiger partial charge in [-0.05, 0) is 30.7 Å². The van der Waals surface area contributed by atoms with Crippen LogP contribution >= 0.6 is 23.1 Å². The fourth-order valence-electron chi connectivity index (χ4n) is 2.25. The van der Waals surface area contributed by atoms with E-state index in [4.69, 9.17) is 0 Å². The lowest BCUT2D eigenvalue weighted by atomic mass is 10.2. The Morgan fingerprint density at radius 1 is 1.35 bits per heavy atom. The maximum absolute atomic E-state index is 12.4. The molecule has 1 aromatic heterocycles. The van der Waals surface area contributed by atoms with Crippen molar-refractivity contribution >= 4 is 50.6 Å². The Morgan fingerprint density at radius 2 is 2.15 bits per heavy atom. The number of carbonyl (C=O) groups is 1. The first-order valence-corrected chi connectivity index (χ1v) is 9.79. The summed E-state index contributed by atoms with van der Waals surface area (Å²) in [7, 11) is 0. The third-order valence-electron chi connectivity index (χ3n) is 3.82. The van der Waals surface area contributed by atoms with E-state index in [0.29, 0.717) is 10.9 Å². The lowest BCUT2D eigenvalue weighted by molar-refractivity contribution is -0.384. The zero-order valence-electron chi connectivity index (χ0n) is 14.3. The smallest absolute Gasteiger partial charge is 0.270 e. The molecule has 1 atom stereocenters. The van der Waals surface area contributed by atoms with Gasteiger partial charge in [0.1, 0.15) is 0 Å². The molecule has 1 unspecified atom stereocenters. The quantitative estimate of drug-likeness (QED) is 0.350. The van der Waals surface area contributed by atoms with Gasteiger partial charge in [0.05, 0.1) is 15.1 Å². The summed E-state index contributed by atoms with van der Waals surface area (Å²) in [6.45, 7) is 4.31. The van der Waals surface area contributed by atoms with E-state index >= 15 is 0 Å². The first-order chi connectivity index (χ1) is 12.5. The number of thioether (sulfide) groups is 1. The van der Waals surface area contributed by atoms with Crippen LogP contribution in [0.25, 0.3) is 10.2 Å². The minimum absolute atomic E-state index is 0.109. The lowest BCUT2D eigenvalue weighted by Crippen LogP contribution is -2.11. The number of rotatable bonds is 6. The average Bonchev–Trinajstić information content (AvgIpc) is 3.03. The minimum atomic E-state index is -0.517. The molecular weight excluding hydrogens is 370 g/mol. The summed E-state index contributed by atoms with van der Waals surface area (Å²) in [5.41, 5.74) is 1.67. The van der Waals surface area contributed by atoms with Crippen molar-refractivity contribution in [2.45, 2.75) is 29.9 Å². The van der Waals surface area contributed by atoms with Gasteiger partial charge >= 0.3 is 0 Å². The predicted octanol–water partition coefficient (Wildman–Crippen LogP) is 5.35. The molecule has 1 amide bonds. The van der Waals surface area contributed by atoms with Gasteiger partial charge in [-0.1, -0.05) is 31.7 Å². The number of carbonyl (C=O) groups excluding carboxylic acids is 1. The molecule has 3 rings (SSSR count). The molecule has 3 aromatic rings. The number of non-ortho nitro benzene ring substituents is 1. The van der Waals surface area contributed by atoms with Crippen molar-refractivity contribution in [2.75, 3.05) is 5.32 Å². The molecule has 8 heteroatoms. The molecule has 134 valence electrons. The monoisotopic (exact) mass is 387 g/mol. The number of hydrogen-bond acceptors (Lipinski definition) is 6. The first-order valence-electron chi connectivity index (χ1n) is 8.09. The van der Waals surface area contributed by atoms with Crippen LogP contribution in [0.2, 0.25) is 0 Å². The molecule has 0 saturated carbocycles. The normalized spacial score (nSPS) is 12.1. The average molecular weight is 387 g/mol. The third-order valence-corrected chi connectivity index (χ3v) is 6.20. The molecule has 0 saturated heterocycles. The number of hydrogen-bond donors (Lipinski definition) is 1. The predicted molar refractivity (Wildman–Crippen MR) is 106 cm³/mol. The highest BCUT2D eigenvalue weighted by Crippen LogP contribution is 2.34. The van der Waals surface area contributed by atoms with Crippen molar-refractivity contribution in [3.05, 3.63) is 58.1 Å². The van der Waals surface area contributed by atoms with Crippen LogP contribution in [0.4, 0.5) is 11.4 Å².